The Bertz CT molecular complexity index is 2360. The highest BCUT2D eigenvalue weighted by Gasteiger charge is 2.14. The van der Waals surface area contributed by atoms with Gasteiger partial charge in [0, 0.05) is 39.4 Å². The third-order valence-electron chi connectivity index (χ3n) is 8.86. The molecule has 8 aromatic rings. The lowest BCUT2D eigenvalue weighted by Gasteiger charge is -2.12. The number of rotatable bonds is 7. The minimum atomic E-state index is 0.669. The van der Waals surface area contributed by atoms with E-state index in [1.165, 1.54) is 10.9 Å². The SMILES string of the molecule is CCc1cc(CC)c2ccc3ccc(-c4cccc(-c5cccc(-c6cc(-c7ccccn7)nc(-c7ccccc7)n6)c5)c4)nc3c2n1. The summed E-state index contributed by atoms with van der Waals surface area (Å²) in [5.41, 5.74) is 13.0. The molecule has 0 spiro atoms. The second kappa shape index (κ2) is 12.6. The van der Waals surface area contributed by atoms with E-state index in [9.17, 15) is 0 Å². The first-order valence-corrected chi connectivity index (χ1v) is 16.5. The molecule has 4 aromatic carbocycles. The van der Waals surface area contributed by atoms with Crippen LogP contribution in [0.15, 0.2) is 140 Å². The Balaban J connectivity index is 1.20. The van der Waals surface area contributed by atoms with Gasteiger partial charge in [-0.1, -0.05) is 105 Å². The molecule has 230 valence electrons. The largest absolute Gasteiger partial charge is 0.255 e. The molecule has 0 N–H and O–H groups in total. The van der Waals surface area contributed by atoms with Gasteiger partial charge >= 0.3 is 0 Å². The smallest absolute Gasteiger partial charge is 0.160 e. The lowest BCUT2D eigenvalue weighted by molar-refractivity contribution is 1.03. The Kier molecular flexibility index (Phi) is 7.71. The van der Waals surface area contributed by atoms with E-state index < -0.39 is 0 Å². The molecule has 0 saturated heterocycles. The van der Waals surface area contributed by atoms with Crippen LogP contribution in [-0.4, -0.2) is 24.9 Å². The summed E-state index contributed by atoms with van der Waals surface area (Å²) in [6, 6.07) is 46.0. The zero-order valence-corrected chi connectivity index (χ0v) is 26.9. The molecule has 0 amide bonds. The zero-order valence-electron chi connectivity index (χ0n) is 26.9. The van der Waals surface area contributed by atoms with Crippen molar-refractivity contribution >= 4 is 21.8 Å². The quantitative estimate of drug-likeness (QED) is 0.166. The number of pyridine rings is 3. The Morgan fingerprint density at radius 2 is 1.12 bits per heavy atom. The van der Waals surface area contributed by atoms with Crippen LogP contribution in [0.5, 0.6) is 0 Å². The van der Waals surface area contributed by atoms with E-state index in [1.54, 1.807) is 6.20 Å². The van der Waals surface area contributed by atoms with Crippen LogP contribution in [0.1, 0.15) is 25.1 Å². The van der Waals surface area contributed by atoms with Crippen molar-refractivity contribution in [1.82, 2.24) is 24.9 Å². The van der Waals surface area contributed by atoms with Crippen molar-refractivity contribution in [3.8, 4) is 56.4 Å². The fourth-order valence-electron chi connectivity index (χ4n) is 6.31. The van der Waals surface area contributed by atoms with Gasteiger partial charge < -0.3 is 0 Å². The highest BCUT2D eigenvalue weighted by molar-refractivity contribution is 6.04. The van der Waals surface area contributed by atoms with Crippen molar-refractivity contribution in [2.24, 2.45) is 0 Å². The monoisotopic (exact) mass is 619 g/mol. The van der Waals surface area contributed by atoms with Crippen LogP contribution < -0.4 is 0 Å². The van der Waals surface area contributed by atoms with Crippen molar-refractivity contribution < 1.29 is 0 Å². The summed E-state index contributed by atoms with van der Waals surface area (Å²) in [4.78, 5) is 24.8. The zero-order chi connectivity index (χ0) is 32.5. The minimum absolute atomic E-state index is 0.669. The van der Waals surface area contributed by atoms with E-state index in [4.69, 9.17) is 19.9 Å². The highest BCUT2D eigenvalue weighted by atomic mass is 14.9. The summed E-state index contributed by atoms with van der Waals surface area (Å²) in [5, 5.41) is 2.28. The first-order valence-electron chi connectivity index (χ1n) is 16.5. The Morgan fingerprint density at radius 3 is 1.85 bits per heavy atom. The van der Waals surface area contributed by atoms with Crippen LogP contribution in [0.3, 0.4) is 0 Å². The van der Waals surface area contributed by atoms with E-state index in [2.05, 4.69) is 97.7 Å². The molecule has 0 unspecified atom stereocenters. The lowest BCUT2D eigenvalue weighted by Crippen LogP contribution is -1.97. The maximum Gasteiger partial charge on any atom is 0.160 e. The number of hydrogen-bond donors (Lipinski definition) is 0. The van der Waals surface area contributed by atoms with Gasteiger partial charge in [0.25, 0.3) is 0 Å². The van der Waals surface area contributed by atoms with Gasteiger partial charge in [0.2, 0.25) is 0 Å². The molecule has 0 radical (unpaired) electrons. The van der Waals surface area contributed by atoms with Gasteiger partial charge in [0.05, 0.1) is 33.8 Å². The summed E-state index contributed by atoms with van der Waals surface area (Å²) < 4.78 is 0. The maximum atomic E-state index is 5.22. The topological polar surface area (TPSA) is 64.5 Å². The predicted molar refractivity (Wildman–Crippen MR) is 196 cm³/mol. The minimum Gasteiger partial charge on any atom is -0.255 e. The van der Waals surface area contributed by atoms with Crippen LogP contribution in [-0.2, 0) is 12.8 Å². The Hall–Kier alpha value is -6.07. The summed E-state index contributed by atoms with van der Waals surface area (Å²) in [6.45, 7) is 4.36. The van der Waals surface area contributed by atoms with E-state index >= 15 is 0 Å². The summed E-state index contributed by atoms with van der Waals surface area (Å²) >= 11 is 0. The maximum absolute atomic E-state index is 5.22. The fraction of sp³-hybridized carbons (Fsp3) is 0.0930. The molecule has 0 aliphatic heterocycles. The molecule has 4 aromatic heterocycles. The summed E-state index contributed by atoms with van der Waals surface area (Å²) in [5.74, 6) is 0.669. The van der Waals surface area contributed by atoms with Crippen LogP contribution >= 0.6 is 0 Å². The van der Waals surface area contributed by atoms with Crippen molar-refractivity contribution in [3.05, 3.63) is 151 Å². The normalized spacial score (nSPS) is 11.3. The van der Waals surface area contributed by atoms with E-state index in [1.807, 2.05) is 54.6 Å². The first kappa shape index (κ1) is 29.3. The highest BCUT2D eigenvalue weighted by Crippen LogP contribution is 2.33. The van der Waals surface area contributed by atoms with Gasteiger partial charge in [0.15, 0.2) is 5.82 Å². The number of aromatic nitrogens is 5. The predicted octanol–water partition coefficient (Wildman–Crippen LogP) is 10.4. The van der Waals surface area contributed by atoms with Gasteiger partial charge in [-0.15, -0.1) is 0 Å². The van der Waals surface area contributed by atoms with Crippen LogP contribution in [0.4, 0.5) is 0 Å². The van der Waals surface area contributed by atoms with Gasteiger partial charge in [-0.2, -0.15) is 0 Å². The molecule has 0 aliphatic rings. The average Bonchev–Trinajstić information content (AvgIpc) is 3.17. The summed E-state index contributed by atoms with van der Waals surface area (Å²) in [7, 11) is 0. The van der Waals surface area contributed by atoms with E-state index in [0.29, 0.717) is 5.82 Å². The molecular weight excluding hydrogens is 587 g/mol. The van der Waals surface area contributed by atoms with E-state index in [-0.39, 0.29) is 0 Å². The molecule has 0 saturated carbocycles. The van der Waals surface area contributed by atoms with Crippen molar-refractivity contribution in [1.29, 1.82) is 0 Å². The number of fused-ring (bicyclic) bond motifs is 3. The second-order valence-electron chi connectivity index (χ2n) is 11.9. The fourth-order valence-corrected chi connectivity index (χ4v) is 6.31. The Morgan fingerprint density at radius 1 is 0.438 bits per heavy atom. The molecule has 0 aliphatic carbocycles. The van der Waals surface area contributed by atoms with Crippen molar-refractivity contribution in [3.63, 3.8) is 0 Å². The number of benzene rings is 4. The number of aryl methyl sites for hydroxylation is 2. The Labute approximate surface area is 280 Å². The standard InChI is InChI=1S/C43H33N5/c1-3-28-26-35(4-2)45-42-36(28)21-19-29-20-22-37(46-41(29)42)33-16-10-14-31(24-33)32-15-11-17-34(25-32)39-27-40(38-18-8-9-23-44-38)48-43(47-39)30-12-6-5-7-13-30/h5-27H,3-4H2,1-2H3. The van der Waals surface area contributed by atoms with Crippen molar-refractivity contribution in [2.75, 3.05) is 0 Å². The number of hydrogen-bond acceptors (Lipinski definition) is 5. The van der Waals surface area contributed by atoms with Gasteiger partial charge in [-0.3, -0.25) is 9.97 Å². The molecular formula is C43H33N5. The molecule has 0 bridgehead atoms. The molecule has 0 fully saturated rings. The third kappa shape index (κ3) is 5.60. The van der Waals surface area contributed by atoms with Crippen LogP contribution in [0.25, 0.3) is 78.2 Å². The second-order valence-corrected chi connectivity index (χ2v) is 11.9. The third-order valence-corrected chi connectivity index (χ3v) is 8.86. The van der Waals surface area contributed by atoms with Gasteiger partial charge in [-0.25, -0.2) is 15.0 Å². The summed E-state index contributed by atoms with van der Waals surface area (Å²) in [6.07, 6.45) is 3.65. The molecule has 48 heavy (non-hydrogen) atoms. The average molecular weight is 620 g/mol. The van der Waals surface area contributed by atoms with Crippen LogP contribution in [0, 0.1) is 0 Å². The molecule has 5 heteroatoms. The van der Waals surface area contributed by atoms with Gasteiger partial charge in [-0.05, 0) is 72.0 Å². The molecule has 4 heterocycles. The number of nitrogens with zero attached hydrogens (tertiary/aromatic N) is 5. The van der Waals surface area contributed by atoms with Crippen molar-refractivity contribution in [2.45, 2.75) is 26.7 Å². The lowest BCUT2D eigenvalue weighted by atomic mass is 9.98. The molecule has 5 nitrogen and oxygen atoms in total. The van der Waals surface area contributed by atoms with Gasteiger partial charge in [0.1, 0.15) is 0 Å². The van der Waals surface area contributed by atoms with Crippen LogP contribution in [0.2, 0.25) is 0 Å². The van der Waals surface area contributed by atoms with E-state index in [0.717, 1.165) is 85.5 Å². The molecule has 8 rings (SSSR count). The molecule has 0 atom stereocenters. The first-order chi connectivity index (χ1) is 23.7.